The van der Waals surface area contributed by atoms with Crippen molar-refractivity contribution in [3.05, 3.63) is 70.0 Å². The molecule has 0 saturated carbocycles. The van der Waals surface area contributed by atoms with Crippen molar-refractivity contribution in [3.8, 4) is 5.75 Å². The summed E-state index contributed by atoms with van der Waals surface area (Å²) in [5.41, 5.74) is 0.187. The molecule has 6 nitrogen and oxygen atoms in total. The lowest BCUT2D eigenvalue weighted by Gasteiger charge is -2.25. The number of hydrogen-bond acceptors (Lipinski definition) is 5. The number of amides is 1. The van der Waals surface area contributed by atoms with Gasteiger partial charge in [0, 0.05) is 24.3 Å². The number of halogens is 2. The molecular formula is C25H27ClFNO5. The molecule has 1 unspecified atom stereocenters. The molecule has 1 amide bonds. The molecule has 0 spiro atoms. The highest BCUT2D eigenvalue weighted by Crippen LogP contribution is 2.41. The normalized spacial score (nSPS) is 17.8. The van der Waals surface area contributed by atoms with E-state index in [0.717, 1.165) is 0 Å². The molecule has 0 radical (unpaired) electrons. The first-order chi connectivity index (χ1) is 15.8. The Labute approximate surface area is 197 Å². The summed E-state index contributed by atoms with van der Waals surface area (Å²) in [5.74, 6) is -2.34. The van der Waals surface area contributed by atoms with Crippen molar-refractivity contribution in [1.29, 1.82) is 0 Å². The second-order valence-corrected chi connectivity index (χ2v) is 8.27. The first-order valence-electron chi connectivity index (χ1n) is 10.8. The molecule has 8 heteroatoms. The van der Waals surface area contributed by atoms with E-state index in [-0.39, 0.29) is 29.3 Å². The van der Waals surface area contributed by atoms with Gasteiger partial charge in [-0.3, -0.25) is 9.59 Å². The Balaban J connectivity index is 2.08. The van der Waals surface area contributed by atoms with Gasteiger partial charge < -0.3 is 19.5 Å². The van der Waals surface area contributed by atoms with Crippen LogP contribution in [0.5, 0.6) is 5.75 Å². The fourth-order valence-corrected chi connectivity index (χ4v) is 3.93. The number of carbonyl (C=O) groups excluding carboxylic acids is 2. The number of ether oxygens (including phenoxy) is 2. The highest BCUT2D eigenvalue weighted by molar-refractivity contribution is 6.46. The SMILES string of the molecule is CCOc1cc(/C(O)=C2\C(=O)C(=O)N(CCCOC(C)C)C2c2ccccc2F)ccc1Cl. The van der Waals surface area contributed by atoms with E-state index >= 15 is 0 Å². The third-order valence-electron chi connectivity index (χ3n) is 5.24. The second-order valence-electron chi connectivity index (χ2n) is 7.87. The predicted octanol–water partition coefficient (Wildman–Crippen LogP) is 5.11. The Hall–Kier alpha value is -2.90. The van der Waals surface area contributed by atoms with Gasteiger partial charge in [-0.2, -0.15) is 0 Å². The van der Waals surface area contributed by atoms with Crippen molar-refractivity contribution in [2.75, 3.05) is 19.8 Å². The highest BCUT2D eigenvalue weighted by Gasteiger charge is 2.46. The van der Waals surface area contributed by atoms with Gasteiger partial charge in [-0.05, 0) is 51.5 Å². The number of aliphatic hydroxyl groups excluding tert-OH is 1. The van der Waals surface area contributed by atoms with Crippen LogP contribution in [-0.4, -0.2) is 47.6 Å². The number of likely N-dealkylation sites (tertiary alicyclic amines) is 1. The van der Waals surface area contributed by atoms with E-state index in [1.807, 2.05) is 13.8 Å². The fraction of sp³-hybridized carbons (Fsp3) is 0.360. The lowest BCUT2D eigenvalue weighted by Crippen LogP contribution is -2.31. The van der Waals surface area contributed by atoms with Gasteiger partial charge in [-0.1, -0.05) is 29.8 Å². The van der Waals surface area contributed by atoms with Crippen molar-refractivity contribution in [2.45, 2.75) is 39.3 Å². The zero-order valence-electron chi connectivity index (χ0n) is 18.8. The van der Waals surface area contributed by atoms with Gasteiger partial charge in [0.05, 0.1) is 29.3 Å². The summed E-state index contributed by atoms with van der Waals surface area (Å²) in [6.07, 6.45) is 0.471. The van der Waals surface area contributed by atoms with Crippen LogP contribution in [0.25, 0.3) is 5.76 Å². The van der Waals surface area contributed by atoms with Crippen molar-refractivity contribution >= 4 is 29.1 Å². The lowest BCUT2D eigenvalue weighted by atomic mass is 9.95. The summed E-state index contributed by atoms with van der Waals surface area (Å²) < 4.78 is 25.8. The third kappa shape index (κ3) is 5.37. The van der Waals surface area contributed by atoms with Crippen molar-refractivity contribution < 1.29 is 28.6 Å². The summed E-state index contributed by atoms with van der Waals surface area (Å²) in [6, 6.07) is 9.36. The molecule has 1 N–H and O–H groups in total. The van der Waals surface area contributed by atoms with Crippen molar-refractivity contribution in [3.63, 3.8) is 0 Å². The van der Waals surface area contributed by atoms with Crippen LogP contribution in [0.1, 0.15) is 44.4 Å². The van der Waals surface area contributed by atoms with Crippen LogP contribution in [0.15, 0.2) is 48.0 Å². The van der Waals surface area contributed by atoms with E-state index in [9.17, 15) is 19.1 Å². The monoisotopic (exact) mass is 475 g/mol. The third-order valence-corrected chi connectivity index (χ3v) is 5.55. The number of rotatable bonds is 9. The average molecular weight is 476 g/mol. The molecule has 0 aliphatic carbocycles. The predicted molar refractivity (Wildman–Crippen MR) is 124 cm³/mol. The first kappa shape index (κ1) is 24.7. The van der Waals surface area contributed by atoms with E-state index < -0.39 is 29.3 Å². The highest BCUT2D eigenvalue weighted by atomic mass is 35.5. The maximum absolute atomic E-state index is 14.8. The van der Waals surface area contributed by atoms with Crippen LogP contribution >= 0.6 is 11.6 Å². The molecule has 0 aromatic heterocycles. The lowest BCUT2D eigenvalue weighted by molar-refractivity contribution is -0.140. The first-order valence-corrected chi connectivity index (χ1v) is 11.2. The second kappa shape index (κ2) is 10.8. The van der Waals surface area contributed by atoms with Crippen LogP contribution in [0.4, 0.5) is 4.39 Å². The fourth-order valence-electron chi connectivity index (χ4n) is 3.76. The molecule has 2 aromatic rings. The van der Waals surface area contributed by atoms with Gasteiger partial charge in [0.2, 0.25) is 0 Å². The van der Waals surface area contributed by atoms with Gasteiger partial charge in [0.15, 0.2) is 0 Å². The van der Waals surface area contributed by atoms with Crippen LogP contribution in [0.2, 0.25) is 5.02 Å². The van der Waals surface area contributed by atoms with Crippen LogP contribution in [-0.2, 0) is 14.3 Å². The topological polar surface area (TPSA) is 76.1 Å². The van der Waals surface area contributed by atoms with Gasteiger partial charge in [0.25, 0.3) is 11.7 Å². The van der Waals surface area contributed by atoms with Crippen molar-refractivity contribution in [2.24, 2.45) is 0 Å². The Morgan fingerprint density at radius 1 is 1.21 bits per heavy atom. The van der Waals surface area contributed by atoms with Crippen molar-refractivity contribution in [1.82, 2.24) is 4.90 Å². The quantitative estimate of drug-likeness (QED) is 0.236. The molecule has 2 aromatic carbocycles. The van der Waals surface area contributed by atoms with Crippen LogP contribution in [0.3, 0.4) is 0 Å². The zero-order chi connectivity index (χ0) is 24.1. The minimum Gasteiger partial charge on any atom is -0.507 e. The average Bonchev–Trinajstić information content (AvgIpc) is 3.02. The minimum absolute atomic E-state index is 0.0206. The minimum atomic E-state index is -1.07. The summed E-state index contributed by atoms with van der Waals surface area (Å²) in [4.78, 5) is 27.2. The Bertz CT molecular complexity index is 1070. The zero-order valence-corrected chi connectivity index (χ0v) is 19.6. The maximum atomic E-state index is 14.8. The number of nitrogens with zero attached hydrogens (tertiary/aromatic N) is 1. The molecule has 1 heterocycles. The molecular weight excluding hydrogens is 449 g/mol. The number of carbonyl (C=O) groups is 2. The van der Waals surface area contributed by atoms with E-state index in [0.29, 0.717) is 30.4 Å². The van der Waals surface area contributed by atoms with Crippen LogP contribution in [0, 0.1) is 5.82 Å². The van der Waals surface area contributed by atoms with Gasteiger partial charge in [-0.25, -0.2) is 4.39 Å². The Morgan fingerprint density at radius 3 is 2.61 bits per heavy atom. The summed E-state index contributed by atoms with van der Waals surface area (Å²) in [7, 11) is 0. The molecule has 1 saturated heterocycles. The van der Waals surface area contributed by atoms with E-state index in [1.54, 1.807) is 13.0 Å². The molecule has 1 aliphatic rings. The molecule has 1 aliphatic heterocycles. The number of Topliss-reactive ketones (excluding diaryl/α,β-unsaturated/α-hetero) is 1. The maximum Gasteiger partial charge on any atom is 0.295 e. The van der Waals surface area contributed by atoms with E-state index in [4.69, 9.17) is 21.1 Å². The molecule has 0 bridgehead atoms. The summed E-state index contributed by atoms with van der Waals surface area (Å²) in [5, 5.41) is 11.4. The number of aliphatic hydroxyl groups is 1. The van der Waals surface area contributed by atoms with Crippen LogP contribution < -0.4 is 4.74 Å². The Kier molecular flexibility index (Phi) is 8.10. The summed E-state index contributed by atoms with van der Waals surface area (Å²) >= 11 is 6.14. The summed E-state index contributed by atoms with van der Waals surface area (Å²) in [6.45, 7) is 6.47. The standard InChI is InChI=1S/C25H27ClFNO5/c1-4-32-20-14-16(10-11-18(20)26)23(29)21-22(17-8-5-6-9-19(17)27)28(25(31)24(21)30)12-7-13-33-15(2)3/h5-6,8-11,14-15,22,29H,4,7,12-13H2,1-3H3/b23-21+. The number of hydrogen-bond donors (Lipinski definition) is 1. The molecule has 1 atom stereocenters. The Morgan fingerprint density at radius 2 is 1.94 bits per heavy atom. The van der Waals surface area contributed by atoms with Gasteiger partial charge in [-0.15, -0.1) is 0 Å². The van der Waals surface area contributed by atoms with Gasteiger partial charge in [0.1, 0.15) is 17.3 Å². The van der Waals surface area contributed by atoms with E-state index in [1.165, 1.54) is 41.3 Å². The number of benzene rings is 2. The number of ketones is 1. The largest absolute Gasteiger partial charge is 0.507 e. The smallest absolute Gasteiger partial charge is 0.295 e. The molecule has 1 fully saturated rings. The molecule has 33 heavy (non-hydrogen) atoms. The molecule has 176 valence electrons. The van der Waals surface area contributed by atoms with Gasteiger partial charge >= 0.3 is 0 Å². The molecule has 3 rings (SSSR count). The van der Waals surface area contributed by atoms with E-state index in [2.05, 4.69) is 0 Å².